The third-order valence-corrected chi connectivity index (χ3v) is 3.96. The van der Waals surface area contributed by atoms with Crippen molar-refractivity contribution in [3.63, 3.8) is 0 Å². The molecule has 0 aromatic heterocycles. The molecule has 3 unspecified atom stereocenters. The smallest absolute Gasteiger partial charge is 0.310 e. The number of hydrogen-bond acceptors (Lipinski definition) is 4. The van der Waals surface area contributed by atoms with Crippen LogP contribution >= 0.6 is 0 Å². The van der Waals surface area contributed by atoms with Gasteiger partial charge < -0.3 is 14.7 Å². The van der Waals surface area contributed by atoms with Crippen LogP contribution in [0.1, 0.15) is 13.3 Å². The SMILES string of the molecule is CCN(C1CCN(C)C1=O)C1COCC1C(=O)O. The second-order valence-corrected chi connectivity index (χ2v) is 4.94. The van der Waals surface area contributed by atoms with Gasteiger partial charge in [-0.05, 0) is 13.0 Å². The van der Waals surface area contributed by atoms with Crippen LogP contribution < -0.4 is 0 Å². The number of ether oxygens (including phenoxy) is 1. The lowest BCUT2D eigenvalue weighted by atomic mass is 10.00. The van der Waals surface area contributed by atoms with Crippen LogP contribution in [0.15, 0.2) is 0 Å². The standard InChI is InChI=1S/C12H20N2O4/c1-3-14(9-4-5-13(2)11(9)15)10-7-18-6-8(10)12(16)17/h8-10H,3-7H2,1-2H3,(H,16,17). The number of likely N-dealkylation sites (tertiary alicyclic amines) is 1. The van der Waals surface area contributed by atoms with Crippen molar-refractivity contribution in [3.8, 4) is 0 Å². The van der Waals surface area contributed by atoms with Crippen molar-refractivity contribution < 1.29 is 19.4 Å². The highest BCUT2D eigenvalue weighted by molar-refractivity contribution is 5.84. The Bertz CT molecular complexity index is 347. The second-order valence-electron chi connectivity index (χ2n) is 4.94. The minimum absolute atomic E-state index is 0.0906. The Balaban J connectivity index is 2.13. The van der Waals surface area contributed by atoms with E-state index in [-0.39, 0.29) is 24.6 Å². The van der Waals surface area contributed by atoms with E-state index in [2.05, 4.69) is 0 Å². The molecule has 2 rings (SSSR count). The van der Waals surface area contributed by atoms with E-state index in [0.717, 1.165) is 13.0 Å². The number of carboxylic acids is 1. The van der Waals surface area contributed by atoms with Crippen molar-refractivity contribution >= 4 is 11.9 Å². The van der Waals surface area contributed by atoms with Crippen molar-refractivity contribution in [2.45, 2.75) is 25.4 Å². The first kappa shape index (κ1) is 13.3. The van der Waals surface area contributed by atoms with E-state index in [1.807, 2.05) is 11.8 Å². The summed E-state index contributed by atoms with van der Waals surface area (Å²) >= 11 is 0. The number of hydrogen-bond donors (Lipinski definition) is 1. The quantitative estimate of drug-likeness (QED) is 0.744. The Kier molecular flexibility index (Phi) is 3.87. The van der Waals surface area contributed by atoms with E-state index in [0.29, 0.717) is 13.2 Å². The Morgan fingerprint density at radius 1 is 1.56 bits per heavy atom. The molecule has 6 nitrogen and oxygen atoms in total. The number of carboxylic acid groups (broad SMARTS) is 1. The highest BCUT2D eigenvalue weighted by Gasteiger charge is 2.43. The first-order valence-corrected chi connectivity index (χ1v) is 6.37. The average Bonchev–Trinajstić information content (AvgIpc) is 2.92. The summed E-state index contributed by atoms with van der Waals surface area (Å²) in [5, 5.41) is 9.19. The monoisotopic (exact) mass is 256 g/mol. The van der Waals surface area contributed by atoms with Gasteiger partial charge in [0.1, 0.15) is 0 Å². The Hall–Kier alpha value is -1.14. The van der Waals surface area contributed by atoms with Gasteiger partial charge in [-0.25, -0.2) is 0 Å². The summed E-state index contributed by atoms with van der Waals surface area (Å²) < 4.78 is 5.29. The van der Waals surface area contributed by atoms with Crippen LogP contribution in [0, 0.1) is 5.92 Å². The van der Waals surface area contributed by atoms with E-state index in [1.54, 1.807) is 11.9 Å². The minimum Gasteiger partial charge on any atom is -0.481 e. The Morgan fingerprint density at radius 3 is 2.78 bits per heavy atom. The summed E-state index contributed by atoms with van der Waals surface area (Å²) in [5.74, 6) is -1.27. The van der Waals surface area contributed by atoms with Crippen LogP contribution in [0.4, 0.5) is 0 Å². The van der Waals surface area contributed by atoms with Crippen LogP contribution in [-0.2, 0) is 14.3 Å². The molecule has 1 amide bonds. The molecule has 2 saturated heterocycles. The number of aliphatic carboxylic acids is 1. The second kappa shape index (κ2) is 5.24. The van der Waals surface area contributed by atoms with Crippen LogP contribution in [0.3, 0.4) is 0 Å². The number of likely N-dealkylation sites (N-methyl/N-ethyl adjacent to an activating group) is 2. The maximum atomic E-state index is 12.0. The summed E-state index contributed by atoms with van der Waals surface area (Å²) in [7, 11) is 1.79. The van der Waals surface area contributed by atoms with Crippen molar-refractivity contribution in [2.24, 2.45) is 5.92 Å². The molecule has 0 aromatic carbocycles. The molecule has 0 bridgehead atoms. The highest BCUT2D eigenvalue weighted by Crippen LogP contribution is 2.26. The van der Waals surface area contributed by atoms with Gasteiger partial charge in [-0.3, -0.25) is 14.5 Å². The highest BCUT2D eigenvalue weighted by atomic mass is 16.5. The molecular weight excluding hydrogens is 236 g/mol. The molecule has 102 valence electrons. The zero-order valence-corrected chi connectivity index (χ0v) is 10.8. The van der Waals surface area contributed by atoms with Crippen molar-refractivity contribution in [1.82, 2.24) is 9.80 Å². The predicted octanol–water partition coefficient (Wildman–Crippen LogP) is -0.361. The fourth-order valence-electron chi connectivity index (χ4n) is 2.90. The van der Waals surface area contributed by atoms with Gasteiger partial charge in [-0.15, -0.1) is 0 Å². The maximum Gasteiger partial charge on any atom is 0.310 e. The number of amides is 1. The fourth-order valence-corrected chi connectivity index (χ4v) is 2.90. The lowest BCUT2D eigenvalue weighted by Crippen LogP contribution is -2.51. The molecule has 1 N–H and O–H groups in total. The molecule has 0 aromatic rings. The topological polar surface area (TPSA) is 70.1 Å². The van der Waals surface area contributed by atoms with E-state index in [9.17, 15) is 14.7 Å². The summed E-state index contributed by atoms with van der Waals surface area (Å²) in [6, 6.07) is -0.374. The number of carbonyl (C=O) groups excluding carboxylic acids is 1. The predicted molar refractivity (Wildman–Crippen MR) is 64.2 cm³/mol. The Labute approximate surface area is 106 Å². The first-order valence-electron chi connectivity index (χ1n) is 6.37. The minimum atomic E-state index is -0.838. The summed E-state index contributed by atoms with van der Waals surface area (Å²) in [5.41, 5.74) is 0. The summed E-state index contributed by atoms with van der Waals surface area (Å²) in [4.78, 5) is 26.9. The van der Waals surface area contributed by atoms with Gasteiger partial charge in [0, 0.05) is 19.6 Å². The molecule has 0 saturated carbocycles. The molecule has 18 heavy (non-hydrogen) atoms. The largest absolute Gasteiger partial charge is 0.481 e. The van der Waals surface area contributed by atoms with Crippen LogP contribution in [0.5, 0.6) is 0 Å². The van der Waals surface area contributed by atoms with Crippen molar-refractivity contribution in [3.05, 3.63) is 0 Å². The lowest BCUT2D eigenvalue weighted by Gasteiger charge is -2.33. The fraction of sp³-hybridized carbons (Fsp3) is 0.833. The molecule has 2 aliphatic heterocycles. The molecule has 2 aliphatic rings. The normalized spacial score (nSPS) is 32.5. The molecular formula is C12H20N2O4. The van der Waals surface area contributed by atoms with Gasteiger partial charge in [0.25, 0.3) is 0 Å². The van der Waals surface area contributed by atoms with Crippen LogP contribution in [-0.4, -0.2) is 72.2 Å². The third kappa shape index (κ3) is 2.22. The van der Waals surface area contributed by atoms with Gasteiger partial charge in [0.05, 0.1) is 25.2 Å². The van der Waals surface area contributed by atoms with Crippen molar-refractivity contribution in [2.75, 3.05) is 33.4 Å². The maximum absolute atomic E-state index is 12.0. The van der Waals surface area contributed by atoms with Gasteiger partial charge >= 0.3 is 5.97 Å². The summed E-state index contributed by atoms with van der Waals surface area (Å²) in [6.07, 6.45) is 0.770. The van der Waals surface area contributed by atoms with E-state index < -0.39 is 11.9 Å². The Morgan fingerprint density at radius 2 is 2.28 bits per heavy atom. The molecule has 3 atom stereocenters. The van der Waals surface area contributed by atoms with Gasteiger partial charge in [0.15, 0.2) is 0 Å². The third-order valence-electron chi connectivity index (χ3n) is 3.96. The van der Waals surface area contributed by atoms with E-state index in [4.69, 9.17) is 4.74 Å². The van der Waals surface area contributed by atoms with Crippen molar-refractivity contribution in [1.29, 1.82) is 0 Å². The van der Waals surface area contributed by atoms with E-state index in [1.165, 1.54) is 0 Å². The molecule has 2 fully saturated rings. The number of carbonyl (C=O) groups is 2. The van der Waals surface area contributed by atoms with Gasteiger partial charge in [-0.2, -0.15) is 0 Å². The zero-order chi connectivity index (χ0) is 13.3. The van der Waals surface area contributed by atoms with Gasteiger partial charge in [-0.1, -0.05) is 6.92 Å². The van der Waals surface area contributed by atoms with Crippen LogP contribution in [0.2, 0.25) is 0 Å². The molecule has 0 spiro atoms. The zero-order valence-electron chi connectivity index (χ0n) is 10.8. The molecule has 0 radical (unpaired) electrons. The molecule has 6 heteroatoms. The molecule has 2 heterocycles. The van der Waals surface area contributed by atoms with Gasteiger partial charge in [0.2, 0.25) is 5.91 Å². The number of rotatable bonds is 4. The van der Waals surface area contributed by atoms with Crippen LogP contribution in [0.25, 0.3) is 0 Å². The average molecular weight is 256 g/mol. The lowest BCUT2D eigenvalue weighted by molar-refractivity contribution is -0.144. The number of nitrogens with zero attached hydrogens (tertiary/aromatic N) is 2. The molecule has 0 aliphatic carbocycles. The van der Waals surface area contributed by atoms with E-state index >= 15 is 0 Å². The summed E-state index contributed by atoms with van der Waals surface area (Å²) in [6.45, 7) is 4.02. The first-order chi connectivity index (χ1) is 8.56.